The van der Waals surface area contributed by atoms with E-state index in [1.807, 2.05) is 6.07 Å². The second-order valence-corrected chi connectivity index (χ2v) is 5.80. The van der Waals surface area contributed by atoms with Gasteiger partial charge in [-0.3, -0.25) is 9.59 Å². The summed E-state index contributed by atoms with van der Waals surface area (Å²) in [5.41, 5.74) is 0.671. The highest BCUT2D eigenvalue weighted by Gasteiger charge is 2.29. The Morgan fingerprint density at radius 3 is 3.10 bits per heavy atom. The third-order valence-corrected chi connectivity index (χ3v) is 4.13. The van der Waals surface area contributed by atoms with Crippen LogP contribution in [0.4, 0.5) is 5.69 Å². The number of thioether (sulfide) groups is 1. The molecule has 1 aliphatic heterocycles. The topological polar surface area (TPSA) is 55.4 Å². The molecule has 20 heavy (non-hydrogen) atoms. The number of hydrogen-bond acceptors (Lipinski definition) is 4. The zero-order valence-electron chi connectivity index (χ0n) is 10.5. The average molecular weight is 310 g/mol. The molecule has 0 bridgehead atoms. The first kappa shape index (κ1) is 14.8. The van der Waals surface area contributed by atoms with Gasteiger partial charge in [-0.2, -0.15) is 0 Å². The van der Waals surface area contributed by atoms with E-state index < -0.39 is 11.2 Å². The van der Waals surface area contributed by atoms with Crippen molar-refractivity contribution >= 4 is 40.9 Å². The highest BCUT2D eigenvalue weighted by molar-refractivity contribution is 8.01. The van der Waals surface area contributed by atoms with Gasteiger partial charge in [-0.05, 0) is 18.2 Å². The number of rotatable bonds is 4. The number of amides is 1. The molecule has 1 aliphatic rings. The second-order valence-electron chi connectivity index (χ2n) is 4.11. The molecule has 1 amide bonds. The van der Waals surface area contributed by atoms with Crippen LogP contribution in [0.25, 0.3) is 0 Å². The third-order valence-electron chi connectivity index (χ3n) is 2.62. The Labute approximate surface area is 126 Å². The van der Waals surface area contributed by atoms with Crippen LogP contribution in [0.5, 0.6) is 0 Å². The average Bonchev–Trinajstić information content (AvgIpc) is 2.40. The summed E-state index contributed by atoms with van der Waals surface area (Å²) < 4.78 is 4.94. The van der Waals surface area contributed by atoms with Crippen molar-refractivity contribution in [1.29, 1.82) is 0 Å². The van der Waals surface area contributed by atoms with Gasteiger partial charge in [0.1, 0.15) is 6.61 Å². The maximum absolute atomic E-state index is 11.9. The first-order valence-corrected chi connectivity index (χ1v) is 7.22. The molecule has 0 spiro atoms. The fraction of sp³-hybridized carbons (Fsp3) is 0.286. The smallest absolute Gasteiger partial charge is 0.307 e. The summed E-state index contributed by atoms with van der Waals surface area (Å²) in [7, 11) is 0. The molecule has 0 fully saturated rings. The van der Waals surface area contributed by atoms with Crippen LogP contribution < -0.4 is 5.32 Å². The van der Waals surface area contributed by atoms with Crippen molar-refractivity contribution in [2.45, 2.75) is 23.0 Å². The van der Waals surface area contributed by atoms with Crippen molar-refractivity contribution in [2.75, 3.05) is 11.9 Å². The molecule has 0 unspecified atom stereocenters. The fourth-order valence-electron chi connectivity index (χ4n) is 1.69. The Morgan fingerprint density at radius 2 is 2.35 bits per heavy atom. The Hall–Kier alpha value is -1.64. The van der Waals surface area contributed by atoms with Gasteiger partial charge in [0.25, 0.3) is 0 Å². The van der Waals surface area contributed by atoms with E-state index in [1.165, 1.54) is 11.8 Å². The molecule has 0 radical (unpaired) electrons. The lowest BCUT2D eigenvalue weighted by atomic mass is 10.2. The van der Waals surface area contributed by atoms with Crippen LogP contribution in [0.3, 0.4) is 0 Å². The summed E-state index contributed by atoms with van der Waals surface area (Å²) in [6.07, 6.45) is 5.46. The first-order chi connectivity index (χ1) is 9.60. The Balaban J connectivity index is 1.97. The Morgan fingerprint density at radius 1 is 1.55 bits per heavy atom. The number of ether oxygens (including phenoxy) is 1. The number of anilines is 1. The van der Waals surface area contributed by atoms with Gasteiger partial charge in [0.2, 0.25) is 5.91 Å². The molecule has 4 nitrogen and oxygen atoms in total. The molecular weight excluding hydrogens is 298 g/mol. The molecule has 1 heterocycles. The number of benzene rings is 1. The van der Waals surface area contributed by atoms with E-state index in [1.54, 1.807) is 12.1 Å². The van der Waals surface area contributed by atoms with Crippen molar-refractivity contribution in [3.05, 3.63) is 23.2 Å². The summed E-state index contributed by atoms with van der Waals surface area (Å²) in [6.45, 7) is 0.181. The van der Waals surface area contributed by atoms with Gasteiger partial charge in [-0.1, -0.05) is 11.6 Å². The maximum atomic E-state index is 11.9. The summed E-state index contributed by atoms with van der Waals surface area (Å²) in [6, 6.07) is 5.24. The molecule has 1 aromatic rings. The van der Waals surface area contributed by atoms with E-state index in [0.29, 0.717) is 17.1 Å². The lowest BCUT2D eigenvalue weighted by Gasteiger charge is -2.23. The van der Waals surface area contributed by atoms with Crippen LogP contribution in [0.2, 0.25) is 5.02 Å². The first-order valence-electron chi connectivity index (χ1n) is 5.96. The lowest BCUT2D eigenvalue weighted by Crippen LogP contribution is -2.31. The number of carbonyl (C=O) groups excluding carboxylic acids is 2. The summed E-state index contributed by atoms with van der Waals surface area (Å²) in [5, 5.41) is 2.79. The van der Waals surface area contributed by atoms with Crippen LogP contribution in [0.15, 0.2) is 23.1 Å². The number of terminal acetylenes is 1. The van der Waals surface area contributed by atoms with E-state index >= 15 is 0 Å². The summed E-state index contributed by atoms with van der Waals surface area (Å²) >= 11 is 7.19. The minimum atomic E-state index is -0.498. The number of carbonyl (C=O) groups is 2. The van der Waals surface area contributed by atoms with Crippen LogP contribution >= 0.6 is 23.4 Å². The molecule has 0 aliphatic carbocycles. The van der Waals surface area contributed by atoms with Crippen molar-refractivity contribution in [3.63, 3.8) is 0 Å². The molecule has 2 rings (SSSR count). The molecule has 0 saturated heterocycles. The van der Waals surface area contributed by atoms with Gasteiger partial charge < -0.3 is 10.1 Å². The predicted molar refractivity (Wildman–Crippen MR) is 78.8 cm³/mol. The van der Waals surface area contributed by atoms with Crippen LogP contribution in [-0.2, 0) is 14.3 Å². The molecule has 1 N–H and O–H groups in total. The van der Waals surface area contributed by atoms with Crippen molar-refractivity contribution < 1.29 is 14.3 Å². The third kappa shape index (κ3) is 3.69. The zero-order valence-corrected chi connectivity index (χ0v) is 12.1. The minimum Gasteiger partial charge on any atom is -0.465 e. The predicted octanol–water partition coefficient (Wildman–Crippen LogP) is 2.71. The number of hydrogen-bond donors (Lipinski definition) is 1. The van der Waals surface area contributed by atoms with E-state index in [0.717, 1.165) is 4.90 Å². The van der Waals surface area contributed by atoms with E-state index in [2.05, 4.69) is 11.2 Å². The Bertz CT molecular complexity index is 582. The molecule has 0 saturated carbocycles. The monoisotopic (exact) mass is 309 g/mol. The maximum Gasteiger partial charge on any atom is 0.307 e. The molecule has 6 heteroatoms. The number of esters is 1. The number of halogens is 1. The molecule has 1 aromatic carbocycles. The van der Waals surface area contributed by atoms with Crippen LogP contribution in [-0.4, -0.2) is 23.7 Å². The van der Waals surface area contributed by atoms with Gasteiger partial charge in [0.05, 0.1) is 17.4 Å². The standard InChI is InChI=1S/C14H12ClNO3S/c1-2-3-6-19-13(17)8-12-14(18)16-10-7-9(15)4-5-11(10)20-12/h1,4-5,7,12H,3,6,8H2,(H,16,18)/t12-/m0/s1. The minimum absolute atomic E-state index is 0.0170. The molecule has 0 aromatic heterocycles. The quantitative estimate of drug-likeness (QED) is 0.528. The molecular formula is C14H12ClNO3S. The van der Waals surface area contributed by atoms with Crippen molar-refractivity contribution in [1.82, 2.24) is 0 Å². The Kier molecular flexibility index (Phi) is 4.94. The van der Waals surface area contributed by atoms with Crippen LogP contribution in [0, 0.1) is 12.3 Å². The van der Waals surface area contributed by atoms with E-state index in [9.17, 15) is 9.59 Å². The highest BCUT2D eigenvalue weighted by Crippen LogP contribution is 2.38. The van der Waals surface area contributed by atoms with Gasteiger partial charge in [-0.15, -0.1) is 24.1 Å². The van der Waals surface area contributed by atoms with Gasteiger partial charge in [-0.25, -0.2) is 0 Å². The normalized spacial score (nSPS) is 16.8. The van der Waals surface area contributed by atoms with Crippen LogP contribution in [0.1, 0.15) is 12.8 Å². The molecule has 104 valence electrons. The lowest BCUT2D eigenvalue weighted by molar-refractivity contribution is -0.144. The van der Waals surface area contributed by atoms with Gasteiger partial charge in [0.15, 0.2) is 0 Å². The largest absolute Gasteiger partial charge is 0.465 e. The molecule has 1 atom stereocenters. The zero-order chi connectivity index (χ0) is 14.5. The fourth-order valence-corrected chi connectivity index (χ4v) is 2.94. The second kappa shape index (κ2) is 6.69. The SMILES string of the molecule is C#CCCOC(=O)C[C@@H]1Sc2ccc(Cl)cc2NC1=O. The summed E-state index contributed by atoms with van der Waals surface area (Å²) in [5.74, 6) is 1.73. The number of fused-ring (bicyclic) bond motifs is 1. The highest BCUT2D eigenvalue weighted by atomic mass is 35.5. The van der Waals surface area contributed by atoms with E-state index in [4.69, 9.17) is 22.8 Å². The van der Waals surface area contributed by atoms with Crippen molar-refractivity contribution in [2.24, 2.45) is 0 Å². The van der Waals surface area contributed by atoms with Crippen molar-refractivity contribution in [3.8, 4) is 12.3 Å². The van der Waals surface area contributed by atoms with Gasteiger partial charge >= 0.3 is 5.97 Å². The van der Waals surface area contributed by atoms with Gasteiger partial charge in [0, 0.05) is 16.3 Å². The van der Waals surface area contributed by atoms with E-state index in [-0.39, 0.29) is 18.9 Å². The summed E-state index contributed by atoms with van der Waals surface area (Å²) in [4.78, 5) is 24.4. The number of nitrogens with one attached hydrogen (secondary N) is 1.